The van der Waals surface area contributed by atoms with E-state index >= 15 is 0 Å². The third-order valence-corrected chi connectivity index (χ3v) is 4.46. The lowest BCUT2D eigenvalue weighted by Crippen LogP contribution is -2.37. The number of unbranched alkanes of at least 4 members (excludes halogenated alkanes) is 1. The number of nitrogens with zero attached hydrogens (tertiary/aromatic N) is 4. The van der Waals surface area contributed by atoms with Crippen LogP contribution < -0.4 is 9.58 Å². The highest BCUT2D eigenvalue weighted by Gasteiger charge is 2.13. The van der Waals surface area contributed by atoms with Crippen molar-refractivity contribution in [3.63, 3.8) is 0 Å². The minimum absolute atomic E-state index is 0.208. The minimum atomic E-state index is -3.88. The number of imidazole rings is 1. The molecular formula is C16H23N4O3S+. The Balaban J connectivity index is 2.00. The van der Waals surface area contributed by atoms with E-state index < -0.39 is 10.1 Å². The van der Waals surface area contributed by atoms with E-state index in [0.29, 0.717) is 19.4 Å². The number of hydrogen-bond donors (Lipinski definition) is 1. The summed E-state index contributed by atoms with van der Waals surface area (Å²) in [5.74, 6) is 0.699. The monoisotopic (exact) mass is 351 g/mol. The molecule has 2 rings (SSSR count). The molecule has 0 aliphatic rings. The van der Waals surface area contributed by atoms with Gasteiger partial charge in [0.05, 0.1) is 25.0 Å². The fourth-order valence-corrected chi connectivity index (χ4v) is 2.87. The van der Waals surface area contributed by atoms with Crippen molar-refractivity contribution in [3.8, 4) is 0 Å². The summed E-state index contributed by atoms with van der Waals surface area (Å²) in [6, 6.07) is 9.83. The molecule has 1 N–H and O–H groups in total. The molecular weight excluding hydrogens is 328 g/mol. The van der Waals surface area contributed by atoms with E-state index in [9.17, 15) is 8.42 Å². The summed E-state index contributed by atoms with van der Waals surface area (Å²) in [6.07, 6.45) is 6.70. The highest BCUT2D eigenvalue weighted by molar-refractivity contribution is 7.85. The van der Waals surface area contributed by atoms with Crippen LogP contribution in [0.25, 0.3) is 0 Å². The first kappa shape index (κ1) is 18.2. The first-order chi connectivity index (χ1) is 11.4. The van der Waals surface area contributed by atoms with Gasteiger partial charge >= 0.3 is 5.82 Å². The molecule has 0 unspecified atom stereocenters. The molecule has 2 aromatic rings. The van der Waals surface area contributed by atoms with E-state index in [1.54, 1.807) is 11.2 Å². The first-order valence-corrected chi connectivity index (χ1v) is 9.30. The molecule has 130 valence electrons. The number of aromatic nitrogens is 2. The van der Waals surface area contributed by atoms with E-state index in [4.69, 9.17) is 4.55 Å². The maximum Gasteiger partial charge on any atom is 0.301 e. The van der Waals surface area contributed by atoms with Crippen LogP contribution in [0.3, 0.4) is 0 Å². The zero-order valence-electron chi connectivity index (χ0n) is 13.9. The molecule has 0 fully saturated rings. The van der Waals surface area contributed by atoms with Gasteiger partial charge in [0.15, 0.2) is 0 Å². The van der Waals surface area contributed by atoms with E-state index in [-0.39, 0.29) is 5.75 Å². The summed E-state index contributed by atoms with van der Waals surface area (Å²) >= 11 is 0. The van der Waals surface area contributed by atoms with E-state index in [2.05, 4.69) is 5.10 Å². The first-order valence-electron chi connectivity index (χ1n) is 7.69. The van der Waals surface area contributed by atoms with E-state index in [0.717, 1.165) is 11.5 Å². The second-order valence-corrected chi connectivity index (χ2v) is 7.13. The van der Waals surface area contributed by atoms with Crippen molar-refractivity contribution < 1.29 is 17.5 Å². The van der Waals surface area contributed by atoms with Gasteiger partial charge < -0.3 is 0 Å². The summed E-state index contributed by atoms with van der Waals surface area (Å²) in [5.41, 5.74) is 0.989. The maximum absolute atomic E-state index is 10.7. The number of hydrazone groups is 1. The zero-order valence-corrected chi connectivity index (χ0v) is 14.7. The van der Waals surface area contributed by atoms with Gasteiger partial charge in [0, 0.05) is 7.05 Å². The predicted octanol–water partition coefficient (Wildman–Crippen LogP) is 1.45. The Morgan fingerprint density at radius 1 is 1.29 bits per heavy atom. The zero-order chi connectivity index (χ0) is 17.6. The summed E-state index contributed by atoms with van der Waals surface area (Å²) in [7, 11) is -0.0737. The maximum atomic E-state index is 10.7. The SMILES string of the molecule is CN(N=Cc1n(C)cc[n+]1CCCCS(=O)(=O)O)c1ccccc1. The molecule has 1 aromatic heterocycles. The van der Waals surface area contributed by atoms with Crippen LogP contribution in [0.1, 0.15) is 18.7 Å². The van der Waals surface area contributed by atoms with Crippen LogP contribution in [0.15, 0.2) is 47.8 Å². The summed E-state index contributed by atoms with van der Waals surface area (Å²) in [5, 5.41) is 6.24. The molecule has 0 aliphatic heterocycles. The van der Waals surface area contributed by atoms with Crippen LogP contribution in [0, 0.1) is 0 Å². The van der Waals surface area contributed by atoms with Crippen molar-refractivity contribution in [2.75, 3.05) is 17.8 Å². The average Bonchev–Trinajstić information content (AvgIpc) is 2.89. The van der Waals surface area contributed by atoms with Gasteiger partial charge in [0.2, 0.25) is 0 Å². The Hall–Kier alpha value is -2.19. The van der Waals surface area contributed by atoms with Gasteiger partial charge in [-0.15, -0.1) is 0 Å². The van der Waals surface area contributed by atoms with Crippen LogP contribution in [0.2, 0.25) is 0 Å². The molecule has 0 saturated heterocycles. The molecule has 0 saturated carbocycles. The van der Waals surface area contributed by atoms with Crippen LogP contribution >= 0.6 is 0 Å². The third-order valence-electron chi connectivity index (χ3n) is 3.65. The number of anilines is 1. The van der Waals surface area contributed by atoms with Gasteiger partial charge in [0.25, 0.3) is 10.1 Å². The molecule has 0 spiro atoms. The van der Waals surface area contributed by atoms with Crippen molar-refractivity contribution in [3.05, 3.63) is 48.5 Å². The fourth-order valence-electron chi connectivity index (χ4n) is 2.31. The van der Waals surface area contributed by atoms with Crippen molar-refractivity contribution in [1.82, 2.24) is 4.57 Å². The molecule has 0 bridgehead atoms. The van der Waals surface area contributed by atoms with Gasteiger partial charge in [-0.05, 0) is 25.0 Å². The summed E-state index contributed by atoms with van der Waals surface area (Å²) < 4.78 is 34.2. The Bertz CT molecular complexity index is 785. The second-order valence-electron chi connectivity index (χ2n) is 5.56. The number of aryl methyl sites for hydroxylation is 2. The Kier molecular flexibility index (Phi) is 6.10. The van der Waals surface area contributed by atoms with Crippen molar-refractivity contribution >= 4 is 22.0 Å². The third kappa shape index (κ3) is 5.47. The normalized spacial score (nSPS) is 12.0. The van der Waals surface area contributed by atoms with E-state index in [1.807, 2.05) is 66.0 Å². The lowest BCUT2D eigenvalue weighted by molar-refractivity contribution is -0.697. The van der Waals surface area contributed by atoms with Crippen molar-refractivity contribution in [2.45, 2.75) is 19.4 Å². The van der Waals surface area contributed by atoms with Crippen molar-refractivity contribution in [2.24, 2.45) is 12.1 Å². The van der Waals surface area contributed by atoms with Gasteiger partial charge in [-0.25, -0.2) is 9.13 Å². The standard InChI is InChI=1S/C16H22N4O3S/c1-18-11-12-20(10-6-7-13-24(21,22)23)16(18)14-17-19(2)15-8-4-3-5-9-15/h3-5,8-9,11-12,14H,6-7,10,13H2,1-2H3/p+1. The van der Waals surface area contributed by atoms with Crippen molar-refractivity contribution in [1.29, 1.82) is 0 Å². The molecule has 1 aromatic carbocycles. The molecule has 7 nitrogen and oxygen atoms in total. The number of benzene rings is 1. The molecule has 1 heterocycles. The number of rotatable bonds is 8. The summed E-state index contributed by atoms with van der Waals surface area (Å²) in [6.45, 7) is 0.659. The highest BCUT2D eigenvalue weighted by atomic mass is 32.2. The Morgan fingerprint density at radius 2 is 2.00 bits per heavy atom. The average molecular weight is 351 g/mol. The Morgan fingerprint density at radius 3 is 2.67 bits per heavy atom. The van der Waals surface area contributed by atoms with Gasteiger partial charge in [-0.2, -0.15) is 13.5 Å². The van der Waals surface area contributed by atoms with Crippen LogP contribution in [-0.2, 0) is 23.7 Å². The molecule has 0 atom stereocenters. The topological polar surface area (TPSA) is 78.8 Å². The summed E-state index contributed by atoms with van der Waals surface area (Å²) in [4.78, 5) is 0. The number of para-hydroxylation sites is 1. The minimum Gasteiger partial charge on any atom is -0.286 e. The quantitative estimate of drug-likeness (QED) is 0.257. The van der Waals surface area contributed by atoms with E-state index in [1.165, 1.54) is 0 Å². The molecule has 8 heteroatoms. The molecule has 0 aliphatic carbocycles. The van der Waals surface area contributed by atoms with Gasteiger partial charge in [-0.1, -0.05) is 18.2 Å². The van der Waals surface area contributed by atoms with Crippen LogP contribution in [0.4, 0.5) is 5.69 Å². The molecule has 0 amide bonds. The van der Waals surface area contributed by atoms with Gasteiger partial charge in [-0.3, -0.25) is 9.56 Å². The lowest BCUT2D eigenvalue weighted by Gasteiger charge is -2.11. The lowest BCUT2D eigenvalue weighted by atomic mass is 10.3. The highest BCUT2D eigenvalue weighted by Crippen LogP contribution is 2.10. The van der Waals surface area contributed by atoms with Crippen LogP contribution in [-0.4, -0.2) is 36.6 Å². The Labute approximate surface area is 142 Å². The largest absolute Gasteiger partial charge is 0.301 e. The smallest absolute Gasteiger partial charge is 0.286 e. The second kappa shape index (κ2) is 8.07. The van der Waals surface area contributed by atoms with Crippen LogP contribution in [0.5, 0.6) is 0 Å². The van der Waals surface area contributed by atoms with Gasteiger partial charge in [0.1, 0.15) is 18.6 Å². The number of hydrogen-bond acceptors (Lipinski definition) is 4. The predicted molar refractivity (Wildman–Crippen MR) is 93.7 cm³/mol. The molecule has 0 radical (unpaired) electrons. The fraction of sp³-hybridized carbons (Fsp3) is 0.375. The molecule has 24 heavy (non-hydrogen) atoms.